The van der Waals surface area contributed by atoms with Gasteiger partial charge < -0.3 is 9.30 Å². The van der Waals surface area contributed by atoms with E-state index in [0.29, 0.717) is 17.8 Å². The highest BCUT2D eigenvalue weighted by Crippen LogP contribution is 2.34. The Bertz CT molecular complexity index is 981. The molecule has 2 aromatic heterocycles. The minimum atomic E-state index is -0.361. The third-order valence-electron chi connectivity index (χ3n) is 4.52. The van der Waals surface area contributed by atoms with E-state index >= 15 is 0 Å². The average molecular weight is 345 g/mol. The SMILES string of the molecule is [C-]#[N+]c1ccc(-c2c(C(=O)OC)c(C)n(Cc3cccnc3)c2C)cc1. The van der Waals surface area contributed by atoms with Crippen LogP contribution in [0.25, 0.3) is 16.0 Å². The molecule has 0 N–H and O–H groups in total. The number of rotatable bonds is 4. The average Bonchev–Trinajstić information content (AvgIpc) is 2.93. The number of hydrogen-bond acceptors (Lipinski definition) is 3. The molecule has 0 fully saturated rings. The van der Waals surface area contributed by atoms with Crippen LogP contribution in [-0.4, -0.2) is 22.6 Å². The highest BCUT2D eigenvalue weighted by atomic mass is 16.5. The first-order chi connectivity index (χ1) is 12.6. The predicted molar refractivity (Wildman–Crippen MR) is 100 cm³/mol. The standard InChI is InChI=1S/C21H19N3O2/c1-14-19(17-7-9-18(22-3)10-8-17)20(21(25)26-4)15(2)24(14)13-16-6-5-11-23-12-16/h5-12H,13H2,1-2,4H3. The second-order valence-electron chi connectivity index (χ2n) is 6.02. The van der Waals surface area contributed by atoms with Crippen LogP contribution in [0.2, 0.25) is 0 Å². The summed E-state index contributed by atoms with van der Waals surface area (Å²) < 4.78 is 7.13. The topological polar surface area (TPSA) is 48.5 Å². The molecule has 0 amide bonds. The van der Waals surface area contributed by atoms with Crippen LogP contribution < -0.4 is 0 Å². The van der Waals surface area contributed by atoms with Gasteiger partial charge in [0.1, 0.15) is 0 Å². The smallest absolute Gasteiger partial charge is 0.340 e. The fourth-order valence-corrected chi connectivity index (χ4v) is 3.20. The summed E-state index contributed by atoms with van der Waals surface area (Å²) in [5, 5.41) is 0. The number of carbonyl (C=O) groups excluding carboxylic acids is 1. The van der Waals surface area contributed by atoms with Crippen LogP contribution in [0.15, 0.2) is 48.8 Å². The van der Waals surface area contributed by atoms with Crippen molar-refractivity contribution in [1.29, 1.82) is 0 Å². The summed E-state index contributed by atoms with van der Waals surface area (Å²) in [6.07, 6.45) is 3.56. The summed E-state index contributed by atoms with van der Waals surface area (Å²) in [6.45, 7) is 11.6. The minimum Gasteiger partial charge on any atom is -0.465 e. The molecule has 0 aliphatic heterocycles. The Kier molecular flexibility index (Phi) is 4.85. The number of ether oxygens (including phenoxy) is 1. The number of methoxy groups -OCH3 is 1. The van der Waals surface area contributed by atoms with Gasteiger partial charge in [0.2, 0.25) is 0 Å². The van der Waals surface area contributed by atoms with Gasteiger partial charge in [-0.2, -0.15) is 0 Å². The lowest BCUT2D eigenvalue weighted by Crippen LogP contribution is -2.07. The first kappa shape index (κ1) is 17.4. The van der Waals surface area contributed by atoms with E-state index in [4.69, 9.17) is 11.3 Å². The summed E-state index contributed by atoms with van der Waals surface area (Å²) in [4.78, 5) is 20.1. The van der Waals surface area contributed by atoms with E-state index in [1.165, 1.54) is 7.11 Å². The van der Waals surface area contributed by atoms with Gasteiger partial charge in [-0.3, -0.25) is 4.98 Å². The number of aromatic nitrogens is 2. The second-order valence-corrected chi connectivity index (χ2v) is 6.02. The quantitative estimate of drug-likeness (QED) is 0.515. The lowest BCUT2D eigenvalue weighted by Gasteiger charge is -2.09. The lowest BCUT2D eigenvalue weighted by atomic mass is 10.0. The Morgan fingerprint density at radius 1 is 1.19 bits per heavy atom. The molecule has 0 aliphatic carbocycles. The zero-order valence-electron chi connectivity index (χ0n) is 15.0. The molecule has 1 aromatic carbocycles. The number of pyridine rings is 1. The molecule has 3 rings (SSSR count). The molecule has 0 saturated heterocycles. The molecule has 26 heavy (non-hydrogen) atoms. The molecule has 5 heteroatoms. The molecule has 5 nitrogen and oxygen atoms in total. The van der Waals surface area contributed by atoms with Crippen LogP contribution in [0, 0.1) is 20.4 Å². The van der Waals surface area contributed by atoms with E-state index in [1.54, 1.807) is 18.3 Å². The Morgan fingerprint density at radius 3 is 2.50 bits per heavy atom. The van der Waals surface area contributed by atoms with Crippen molar-refractivity contribution >= 4 is 11.7 Å². The number of nitrogens with zero attached hydrogens (tertiary/aromatic N) is 3. The summed E-state index contributed by atoms with van der Waals surface area (Å²) in [5.41, 5.74) is 5.74. The molecule has 0 saturated carbocycles. The Morgan fingerprint density at radius 2 is 1.92 bits per heavy atom. The van der Waals surface area contributed by atoms with Gasteiger partial charge in [-0.05, 0) is 31.0 Å². The minimum absolute atomic E-state index is 0.361. The summed E-state index contributed by atoms with van der Waals surface area (Å²) >= 11 is 0. The van der Waals surface area contributed by atoms with Crippen molar-refractivity contribution in [2.24, 2.45) is 0 Å². The highest BCUT2D eigenvalue weighted by Gasteiger charge is 2.24. The van der Waals surface area contributed by atoms with E-state index in [9.17, 15) is 4.79 Å². The number of benzene rings is 1. The van der Waals surface area contributed by atoms with Gasteiger partial charge in [0.05, 0.1) is 19.2 Å². The fourth-order valence-electron chi connectivity index (χ4n) is 3.20. The fraction of sp³-hybridized carbons (Fsp3) is 0.190. The molecule has 0 atom stereocenters. The van der Waals surface area contributed by atoms with E-state index in [2.05, 4.69) is 14.4 Å². The van der Waals surface area contributed by atoms with Crippen LogP contribution >= 0.6 is 0 Å². The van der Waals surface area contributed by atoms with E-state index in [1.807, 2.05) is 44.3 Å². The van der Waals surface area contributed by atoms with Crippen LogP contribution in [0.4, 0.5) is 5.69 Å². The lowest BCUT2D eigenvalue weighted by molar-refractivity contribution is 0.0600. The maximum Gasteiger partial charge on any atom is 0.340 e. The van der Waals surface area contributed by atoms with Crippen molar-refractivity contribution in [3.8, 4) is 11.1 Å². The largest absolute Gasteiger partial charge is 0.465 e. The van der Waals surface area contributed by atoms with Crippen LogP contribution in [0.5, 0.6) is 0 Å². The third-order valence-corrected chi connectivity index (χ3v) is 4.52. The maximum absolute atomic E-state index is 12.5. The van der Waals surface area contributed by atoms with Crippen LogP contribution in [0.1, 0.15) is 27.3 Å². The first-order valence-corrected chi connectivity index (χ1v) is 8.21. The van der Waals surface area contributed by atoms with Gasteiger partial charge in [-0.15, -0.1) is 0 Å². The predicted octanol–water partition coefficient (Wildman–Crippen LogP) is 4.55. The zero-order chi connectivity index (χ0) is 18.7. The summed E-state index contributed by atoms with van der Waals surface area (Å²) in [5.74, 6) is -0.361. The van der Waals surface area contributed by atoms with Crippen molar-refractivity contribution < 1.29 is 9.53 Å². The summed E-state index contributed by atoms with van der Waals surface area (Å²) in [6, 6.07) is 11.2. The molecule has 0 radical (unpaired) electrons. The molecule has 0 bridgehead atoms. The van der Waals surface area contributed by atoms with Gasteiger partial charge >= 0.3 is 5.97 Å². The van der Waals surface area contributed by atoms with Gasteiger partial charge in [0.15, 0.2) is 5.69 Å². The monoisotopic (exact) mass is 345 g/mol. The number of esters is 1. The molecule has 0 spiro atoms. The maximum atomic E-state index is 12.5. The zero-order valence-corrected chi connectivity index (χ0v) is 15.0. The Labute approximate surface area is 152 Å². The molecule has 0 aliphatic rings. The van der Waals surface area contributed by atoms with E-state index in [-0.39, 0.29) is 5.97 Å². The molecule has 2 heterocycles. The molecular weight excluding hydrogens is 326 g/mol. The Balaban J connectivity index is 2.17. The molecular formula is C21H19N3O2. The number of hydrogen-bond donors (Lipinski definition) is 0. The van der Waals surface area contributed by atoms with Crippen molar-refractivity contribution in [1.82, 2.24) is 9.55 Å². The van der Waals surface area contributed by atoms with Crippen molar-refractivity contribution in [3.05, 3.63) is 82.7 Å². The van der Waals surface area contributed by atoms with Gasteiger partial charge in [-0.25, -0.2) is 9.64 Å². The highest BCUT2D eigenvalue weighted by molar-refractivity contribution is 5.99. The van der Waals surface area contributed by atoms with Gasteiger partial charge in [0, 0.05) is 35.9 Å². The van der Waals surface area contributed by atoms with Gasteiger partial charge in [0.25, 0.3) is 0 Å². The van der Waals surface area contributed by atoms with Crippen molar-refractivity contribution in [3.63, 3.8) is 0 Å². The molecule has 130 valence electrons. The first-order valence-electron chi connectivity index (χ1n) is 8.21. The normalized spacial score (nSPS) is 10.4. The van der Waals surface area contributed by atoms with E-state index in [0.717, 1.165) is 28.1 Å². The van der Waals surface area contributed by atoms with E-state index < -0.39 is 0 Å². The number of carbonyl (C=O) groups is 1. The Hall–Kier alpha value is -3.39. The van der Waals surface area contributed by atoms with Crippen molar-refractivity contribution in [2.45, 2.75) is 20.4 Å². The third kappa shape index (κ3) is 3.09. The van der Waals surface area contributed by atoms with Crippen LogP contribution in [-0.2, 0) is 11.3 Å². The molecule has 0 unspecified atom stereocenters. The second kappa shape index (κ2) is 7.24. The van der Waals surface area contributed by atoms with Gasteiger partial charge in [-0.1, -0.05) is 30.3 Å². The summed E-state index contributed by atoms with van der Waals surface area (Å²) in [7, 11) is 1.39. The molecule has 3 aromatic rings. The van der Waals surface area contributed by atoms with Crippen molar-refractivity contribution in [2.75, 3.05) is 7.11 Å². The van der Waals surface area contributed by atoms with Crippen LogP contribution in [0.3, 0.4) is 0 Å².